The highest BCUT2D eigenvalue weighted by molar-refractivity contribution is 5.76. The van der Waals surface area contributed by atoms with Gasteiger partial charge in [-0.1, -0.05) is 185 Å². The number of aliphatic hydroxyl groups excluding tert-OH is 2. The van der Waals surface area contributed by atoms with Gasteiger partial charge in [0.2, 0.25) is 5.91 Å². The summed E-state index contributed by atoms with van der Waals surface area (Å²) in [6, 6.07) is -0.560. The van der Waals surface area contributed by atoms with Gasteiger partial charge in [0.1, 0.15) is 0 Å². The van der Waals surface area contributed by atoms with E-state index in [-0.39, 0.29) is 18.5 Å². The van der Waals surface area contributed by atoms with Crippen molar-refractivity contribution in [3.63, 3.8) is 0 Å². The fourth-order valence-electron chi connectivity index (χ4n) is 7.12. The van der Waals surface area contributed by atoms with E-state index < -0.39 is 12.1 Å². The third-order valence-corrected chi connectivity index (χ3v) is 10.9. The lowest BCUT2D eigenvalue weighted by Crippen LogP contribution is -2.45. The molecule has 2 atom stereocenters. The number of allylic oxidation sites excluding steroid dienone is 6. The third kappa shape index (κ3) is 41.7. The lowest BCUT2D eigenvalue weighted by atomic mass is 10.0. The van der Waals surface area contributed by atoms with E-state index in [1.807, 2.05) is 0 Å². The van der Waals surface area contributed by atoms with Gasteiger partial charge in [0.25, 0.3) is 0 Å². The number of unbranched alkanes of at least 4 members (excludes halogenated alkanes) is 27. The lowest BCUT2D eigenvalue weighted by molar-refractivity contribution is -0.143. The van der Waals surface area contributed by atoms with Gasteiger partial charge in [0, 0.05) is 12.8 Å². The molecule has 2 unspecified atom stereocenters. The average Bonchev–Trinajstić information content (AvgIpc) is 3.20. The molecule has 0 radical (unpaired) electrons. The highest BCUT2D eigenvalue weighted by Gasteiger charge is 2.20. The SMILES string of the molecule is CCCC/C=C\C/C=C\CCCCCCCC(=O)OCCCCC/C=C\CCCCCCCC(=O)NC(CO)C(O)CCCCCCCCCCCCCCC. The van der Waals surface area contributed by atoms with Crippen molar-refractivity contribution in [3.8, 4) is 0 Å². The van der Waals surface area contributed by atoms with Crippen molar-refractivity contribution in [1.29, 1.82) is 0 Å². The molecule has 0 fully saturated rings. The van der Waals surface area contributed by atoms with Crippen LogP contribution in [0.1, 0.15) is 245 Å². The number of hydrogen-bond acceptors (Lipinski definition) is 5. The Hall–Kier alpha value is -1.92. The van der Waals surface area contributed by atoms with Crippen molar-refractivity contribution in [1.82, 2.24) is 5.32 Å². The number of nitrogens with one attached hydrogen (secondary N) is 1. The molecule has 0 aliphatic rings. The summed E-state index contributed by atoms with van der Waals surface area (Å²) in [7, 11) is 0. The Bertz CT molecular complexity index is 915. The number of aliphatic hydroxyl groups is 2. The van der Waals surface area contributed by atoms with Gasteiger partial charge in [-0.2, -0.15) is 0 Å². The van der Waals surface area contributed by atoms with Crippen LogP contribution in [0.25, 0.3) is 0 Å². The molecule has 0 heterocycles. The highest BCUT2D eigenvalue weighted by Crippen LogP contribution is 2.15. The van der Waals surface area contributed by atoms with E-state index in [4.69, 9.17) is 4.74 Å². The first-order valence-corrected chi connectivity index (χ1v) is 24.2. The van der Waals surface area contributed by atoms with Crippen LogP contribution in [-0.2, 0) is 14.3 Å². The van der Waals surface area contributed by atoms with Crippen molar-refractivity contribution in [2.45, 2.75) is 257 Å². The Labute approximate surface area is 347 Å². The zero-order valence-electron chi connectivity index (χ0n) is 37.1. The molecular weight excluding hydrogens is 695 g/mol. The molecule has 328 valence electrons. The second kappa shape index (κ2) is 45.8. The average molecular weight is 788 g/mol. The molecule has 6 nitrogen and oxygen atoms in total. The van der Waals surface area contributed by atoms with Crippen LogP contribution in [0.5, 0.6) is 0 Å². The molecule has 0 aliphatic heterocycles. The summed E-state index contributed by atoms with van der Waals surface area (Å²) in [5.41, 5.74) is 0. The van der Waals surface area contributed by atoms with E-state index in [2.05, 4.69) is 55.6 Å². The van der Waals surface area contributed by atoms with Crippen molar-refractivity contribution in [2.75, 3.05) is 13.2 Å². The molecule has 0 saturated carbocycles. The number of carbonyl (C=O) groups is 2. The van der Waals surface area contributed by atoms with Gasteiger partial charge >= 0.3 is 5.97 Å². The summed E-state index contributed by atoms with van der Waals surface area (Å²) in [6.07, 6.45) is 53.9. The molecule has 3 N–H and O–H groups in total. The number of carbonyl (C=O) groups excluding carboxylic acids is 2. The molecular formula is C50H93NO5. The van der Waals surface area contributed by atoms with Crippen molar-refractivity contribution < 1.29 is 24.5 Å². The number of rotatable bonds is 44. The number of hydrogen-bond donors (Lipinski definition) is 3. The van der Waals surface area contributed by atoms with E-state index in [1.165, 1.54) is 122 Å². The van der Waals surface area contributed by atoms with Crippen molar-refractivity contribution in [2.24, 2.45) is 0 Å². The van der Waals surface area contributed by atoms with Crippen LogP contribution in [-0.4, -0.2) is 47.4 Å². The number of esters is 1. The molecule has 0 spiro atoms. The highest BCUT2D eigenvalue weighted by atomic mass is 16.5. The van der Waals surface area contributed by atoms with E-state index in [0.29, 0.717) is 25.9 Å². The maximum atomic E-state index is 12.4. The minimum atomic E-state index is -0.680. The molecule has 1 amide bonds. The minimum absolute atomic E-state index is 0.0381. The van der Waals surface area contributed by atoms with Crippen LogP contribution in [0, 0.1) is 0 Å². The van der Waals surface area contributed by atoms with Crippen LogP contribution < -0.4 is 5.32 Å². The summed E-state index contributed by atoms with van der Waals surface area (Å²) in [6.45, 7) is 4.83. The molecule has 0 bridgehead atoms. The monoisotopic (exact) mass is 788 g/mol. The number of amides is 1. The first kappa shape index (κ1) is 54.1. The molecule has 0 aromatic heterocycles. The van der Waals surface area contributed by atoms with Crippen molar-refractivity contribution >= 4 is 11.9 Å². The normalized spacial score (nSPS) is 13.0. The van der Waals surface area contributed by atoms with Crippen molar-refractivity contribution in [3.05, 3.63) is 36.5 Å². The fraction of sp³-hybridized carbons (Fsp3) is 0.840. The topological polar surface area (TPSA) is 95.9 Å². The zero-order valence-corrected chi connectivity index (χ0v) is 37.1. The van der Waals surface area contributed by atoms with Crippen LogP contribution in [0.4, 0.5) is 0 Å². The predicted octanol–water partition coefficient (Wildman–Crippen LogP) is 14.1. The third-order valence-electron chi connectivity index (χ3n) is 10.9. The summed E-state index contributed by atoms with van der Waals surface area (Å²) in [5.74, 6) is -0.101. The second-order valence-electron chi connectivity index (χ2n) is 16.4. The summed E-state index contributed by atoms with van der Waals surface area (Å²) < 4.78 is 5.43. The van der Waals surface area contributed by atoms with Crippen LogP contribution in [0.15, 0.2) is 36.5 Å². The maximum Gasteiger partial charge on any atom is 0.305 e. The predicted molar refractivity (Wildman–Crippen MR) is 241 cm³/mol. The Kier molecular flexibility index (Phi) is 44.2. The molecule has 0 aliphatic carbocycles. The Balaban J connectivity index is 3.53. The Morgan fingerprint density at radius 2 is 0.911 bits per heavy atom. The van der Waals surface area contributed by atoms with Gasteiger partial charge in [-0.05, 0) is 83.5 Å². The largest absolute Gasteiger partial charge is 0.466 e. The molecule has 0 aromatic carbocycles. The van der Waals surface area contributed by atoms with Gasteiger partial charge in [0.15, 0.2) is 0 Å². The molecule has 0 saturated heterocycles. The van der Waals surface area contributed by atoms with Crippen LogP contribution >= 0.6 is 0 Å². The van der Waals surface area contributed by atoms with Gasteiger partial charge in [-0.3, -0.25) is 9.59 Å². The first-order chi connectivity index (χ1) is 27.5. The molecule has 56 heavy (non-hydrogen) atoms. The minimum Gasteiger partial charge on any atom is -0.466 e. The molecule has 0 rings (SSSR count). The van der Waals surface area contributed by atoms with E-state index in [0.717, 1.165) is 89.9 Å². The first-order valence-electron chi connectivity index (χ1n) is 24.2. The van der Waals surface area contributed by atoms with Gasteiger partial charge in [-0.15, -0.1) is 0 Å². The van der Waals surface area contributed by atoms with E-state index in [9.17, 15) is 19.8 Å². The van der Waals surface area contributed by atoms with Gasteiger partial charge < -0.3 is 20.3 Å². The molecule has 0 aromatic rings. The van der Waals surface area contributed by atoms with Gasteiger partial charge in [-0.25, -0.2) is 0 Å². The van der Waals surface area contributed by atoms with Gasteiger partial charge in [0.05, 0.1) is 25.4 Å². The maximum absolute atomic E-state index is 12.4. The fourth-order valence-corrected chi connectivity index (χ4v) is 7.12. The summed E-state index contributed by atoms with van der Waals surface area (Å²) in [4.78, 5) is 24.4. The van der Waals surface area contributed by atoms with E-state index in [1.54, 1.807) is 0 Å². The quantitative estimate of drug-likeness (QED) is 0.0325. The zero-order chi connectivity index (χ0) is 40.8. The summed E-state index contributed by atoms with van der Waals surface area (Å²) in [5, 5.41) is 23.1. The Morgan fingerprint density at radius 1 is 0.500 bits per heavy atom. The Morgan fingerprint density at radius 3 is 1.43 bits per heavy atom. The smallest absolute Gasteiger partial charge is 0.305 e. The summed E-state index contributed by atoms with van der Waals surface area (Å²) >= 11 is 0. The number of ether oxygens (including phenoxy) is 1. The molecule has 6 heteroatoms. The van der Waals surface area contributed by atoms with Crippen LogP contribution in [0.3, 0.4) is 0 Å². The lowest BCUT2D eigenvalue weighted by Gasteiger charge is -2.22. The second-order valence-corrected chi connectivity index (χ2v) is 16.4. The standard InChI is InChI=1S/C50H93NO5/c1-3-5-7-9-11-13-15-17-19-24-28-32-36-40-44-50(55)56-45-41-37-33-29-25-21-20-23-27-31-35-39-43-49(54)51-47(46-52)48(53)42-38-34-30-26-22-18-16-14-12-10-8-6-4-2/h9,11,15,17,21,25,47-48,52-53H,3-8,10,12-14,16,18-20,22-24,26-46H2,1-2H3,(H,51,54)/b11-9-,17-15-,25-21-. The van der Waals surface area contributed by atoms with Crippen LogP contribution in [0.2, 0.25) is 0 Å². The van der Waals surface area contributed by atoms with E-state index >= 15 is 0 Å².